The average molecular weight is 367 g/mol. The molecule has 0 bridgehead atoms. The van der Waals surface area contributed by atoms with Crippen LogP contribution < -0.4 is 4.90 Å². The van der Waals surface area contributed by atoms with Crippen molar-refractivity contribution in [1.82, 2.24) is 29.6 Å². The Morgan fingerprint density at radius 3 is 2.63 bits per heavy atom. The monoisotopic (exact) mass is 367 g/mol. The predicted molar refractivity (Wildman–Crippen MR) is 96.1 cm³/mol. The van der Waals surface area contributed by atoms with E-state index in [-0.39, 0.29) is 17.8 Å². The minimum atomic E-state index is -0.362. The largest absolute Gasteiger partial charge is 0.350 e. The summed E-state index contributed by atoms with van der Waals surface area (Å²) in [5.74, 6) is 0.819. The zero-order chi connectivity index (χ0) is 18.8. The first-order valence-electron chi connectivity index (χ1n) is 8.61. The van der Waals surface area contributed by atoms with Gasteiger partial charge in [-0.2, -0.15) is 0 Å². The third-order valence-electron chi connectivity index (χ3n) is 4.56. The number of halogens is 1. The lowest BCUT2D eigenvalue weighted by atomic mass is 10.1. The van der Waals surface area contributed by atoms with Crippen LogP contribution in [0, 0.1) is 5.82 Å². The molecule has 0 spiro atoms. The van der Waals surface area contributed by atoms with E-state index in [2.05, 4.69) is 25.1 Å². The lowest BCUT2D eigenvalue weighted by molar-refractivity contribution is 0.0720. The van der Waals surface area contributed by atoms with Crippen LogP contribution in [-0.4, -0.2) is 61.2 Å². The molecule has 1 aliphatic rings. The highest BCUT2D eigenvalue weighted by atomic mass is 19.1. The molecule has 4 heterocycles. The van der Waals surface area contributed by atoms with Crippen LogP contribution >= 0.6 is 0 Å². The first-order chi connectivity index (χ1) is 13.1. The Balaban J connectivity index is 1.48. The van der Waals surface area contributed by atoms with Gasteiger partial charge in [0, 0.05) is 25.7 Å². The maximum absolute atomic E-state index is 13.1. The summed E-state index contributed by atoms with van der Waals surface area (Å²) in [4.78, 5) is 25.3. The molecule has 4 rings (SSSR count). The van der Waals surface area contributed by atoms with Crippen molar-refractivity contribution in [1.29, 1.82) is 0 Å². The van der Waals surface area contributed by atoms with Gasteiger partial charge in [-0.15, -0.1) is 10.2 Å². The summed E-state index contributed by atoms with van der Waals surface area (Å²) in [6, 6.07) is 8.40. The number of hydrogen-bond acceptors (Lipinski definition) is 6. The molecule has 1 aliphatic heterocycles. The number of hydrogen-bond donors (Lipinski definition) is 0. The Morgan fingerprint density at radius 2 is 1.93 bits per heavy atom. The van der Waals surface area contributed by atoms with Crippen LogP contribution in [0.4, 0.5) is 10.2 Å². The molecular weight excluding hydrogens is 349 g/mol. The highest BCUT2D eigenvalue weighted by molar-refractivity contribution is 5.92. The molecule has 3 aromatic rings. The second-order valence-electron chi connectivity index (χ2n) is 6.38. The van der Waals surface area contributed by atoms with Gasteiger partial charge in [0.05, 0.1) is 6.20 Å². The quantitative estimate of drug-likeness (QED) is 0.699. The van der Waals surface area contributed by atoms with Gasteiger partial charge in [-0.3, -0.25) is 9.36 Å². The summed E-state index contributed by atoms with van der Waals surface area (Å²) in [6.45, 7) is 3.72. The lowest BCUT2D eigenvalue weighted by Crippen LogP contribution is -2.54. The van der Waals surface area contributed by atoms with Crippen molar-refractivity contribution in [2.75, 3.05) is 24.5 Å². The zero-order valence-electron chi connectivity index (χ0n) is 14.7. The van der Waals surface area contributed by atoms with Crippen LogP contribution in [-0.2, 0) is 0 Å². The van der Waals surface area contributed by atoms with Gasteiger partial charge in [0.25, 0.3) is 5.91 Å². The summed E-state index contributed by atoms with van der Waals surface area (Å²) in [5, 5.41) is 7.52. The number of anilines is 1. The second kappa shape index (κ2) is 7.10. The minimum absolute atomic E-state index is 0.0571. The minimum Gasteiger partial charge on any atom is -0.350 e. The summed E-state index contributed by atoms with van der Waals surface area (Å²) in [5.41, 5.74) is 0.377. The molecule has 8 nitrogen and oxygen atoms in total. The van der Waals surface area contributed by atoms with Gasteiger partial charge in [0.15, 0.2) is 0 Å². The summed E-state index contributed by atoms with van der Waals surface area (Å²) in [7, 11) is 0. The van der Waals surface area contributed by atoms with E-state index < -0.39 is 0 Å². The smallest absolute Gasteiger partial charge is 0.272 e. The van der Waals surface area contributed by atoms with E-state index in [0.29, 0.717) is 37.0 Å². The predicted octanol–water partition coefficient (Wildman–Crippen LogP) is 1.55. The molecule has 1 saturated heterocycles. The Labute approximate surface area is 155 Å². The molecular formula is C18H18FN7O. The molecule has 1 unspecified atom stereocenters. The van der Waals surface area contributed by atoms with E-state index in [1.165, 1.54) is 24.9 Å². The average Bonchev–Trinajstić information content (AvgIpc) is 3.23. The van der Waals surface area contributed by atoms with Gasteiger partial charge in [-0.05, 0) is 31.2 Å². The second-order valence-corrected chi connectivity index (χ2v) is 6.38. The summed E-state index contributed by atoms with van der Waals surface area (Å²) in [6.07, 6.45) is 4.28. The van der Waals surface area contributed by atoms with E-state index in [1.54, 1.807) is 33.7 Å². The fourth-order valence-electron chi connectivity index (χ4n) is 3.19. The zero-order valence-corrected chi connectivity index (χ0v) is 14.7. The van der Waals surface area contributed by atoms with E-state index >= 15 is 0 Å². The van der Waals surface area contributed by atoms with E-state index in [4.69, 9.17) is 0 Å². The number of nitrogens with zero attached hydrogens (tertiary/aromatic N) is 7. The number of carbonyl (C=O) groups is 1. The number of amides is 1. The highest BCUT2D eigenvalue weighted by Gasteiger charge is 2.28. The van der Waals surface area contributed by atoms with Gasteiger partial charge in [0.2, 0.25) is 0 Å². The van der Waals surface area contributed by atoms with Crippen molar-refractivity contribution < 1.29 is 9.18 Å². The molecule has 0 aromatic carbocycles. The number of rotatable bonds is 3. The maximum Gasteiger partial charge on any atom is 0.272 e. The molecule has 138 valence electrons. The third-order valence-corrected chi connectivity index (χ3v) is 4.56. The van der Waals surface area contributed by atoms with Crippen molar-refractivity contribution in [3.05, 3.63) is 60.7 Å². The third kappa shape index (κ3) is 3.48. The molecule has 27 heavy (non-hydrogen) atoms. The van der Waals surface area contributed by atoms with E-state index in [1.807, 2.05) is 6.92 Å². The van der Waals surface area contributed by atoms with Gasteiger partial charge in [-0.25, -0.2) is 14.4 Å². The standard InChI is InChI=1S/C18H18FN7O/c1-13-10-24(7-8-26(13)16-6-5-14(19)9-20-16)18(27)15-3-2-4-17(23-15)25-11-21-22-12-25/h2-6,9,11-13H,7-8,10H2,1H3. The topological polar surface area (TPSA) is 80.0 Å². The highest BCUT2D eigenvalue weighted by Crippen LogP contribution is 2.19. The van der Waals surface area contributed by atoms with Crippen molar-refractivity contribution in [3.63, 3.8) is 0 Å². The van der Waals surface area contributed by atoms with Crippen molar-refractivity contribution in [2.45, 2.75) is 13.0 Å². The van der Waals surface area contributed by atoms with Gasteiger partial charge in [0.1, 0.15) is 35.8 Å². The maximum atomic E-state index is 13.1. The van der Waals surface area contributed by atoms with Crippen LogP contribution in [0.3, 0.4) is 0 Å². The van der Waals surface area contributed by atoms with Crippen LogP contribution in [0.15, 0.2) is 49.2 Å². The Bertz CT molecular complexity index is 929. The molecule has 1 fully saturated rings. The van der Waals surface area contributed by atoms with Gasteiger partial charge >= 0.3 is 0 Å². The van der Waals surface area contributed by atoms with Crippen LogP contribution in [0.1, 0.15) is 17.4 Å². The number of aromatic nitrogens is 5. The molecule has 0 aliphatic carbocycles. The molecule has 0 radical (unpaired) electrons. The first kappa shape index (κ1) is 17.1. The van der Waals surface area contributed by atoms with Crippen molar-refractivity contribution in [2.24, 2.45) is 0 Å². The molecule has 0 saturated carbocycles. The number of piperazine rings is 1. The van der Waals surface area contributed by atoms with E-state index in [0.717, 1.165) is 0 Å². The SMILES string of the molecule is CC1CN(C(=O)c2cccc(-n3cnnc3)n2)CCN1c1ccc(F)cn1. The lowest BCUT2D eigenvalue weighted by Gasteiger charge is -2.40. The Kier molecular flexibility index (Phi) is 4.49. The fourth-order valence-corrected chi connectivity index (χ4v) is 3.19. The summed E-state index contributed by atoms with van der Waals surface area (Å²) < 4.78 is 14.7. The summed E-state index contributed by atoms with van der Waals surface area (Å²) >= 11 is 0. The van der Waals surface area contributed by atoms with E-state index in [9.17, 15) is 9.18 Å². The van der Waals surface area contributed by atoms with Crippen LogP contribution in [0.2, 0.25) is 0 Å². The molecule has 1 amide bonds. The first-order valence-corrected chi connectivity index (χ1v) is 8.61. The van der Waals surface area contributed by atoms with Gasteiger partial charge < -0.3 is 9.80 Å². The van der Waals surface area contributed by atoms with Crippen LogP contribution in [0.5, 0.6) is 0 Å². The normalized spacial score (nSPS) is 17.2. The van der Waals surface area contributed by atoms with Crippen molar-refractivity contribution >= 4 is 11.7 Å². The van der Waals surface area contributed by atoms with Crippen molar-refractivity contribution in [3.8, 4) is 5.82 Å². The molecule has 0 N–H and O–H groups in total. The molecule has 1 atom stereocenters. The number of pyridine rings is 2. The Morgan fingerprint density at radius 1 is 1.11 bits per heavy atom. The number of carbonyl (C=O) groups excluding carboxylic acids is 1. The van der Waals surface area contributed by atoms with Crippen LogP contribution in [0.25, 0.3) is 5.82 Å². The molecule has 3 aromatic heterocycles. The molecule has 9 heteroatoms. The van der Waals surface area contributed by atoms with Gasteiger partial charge in [-0.1, -0.05) is 6.07 Å². The Hall–Kier alpha value is -3.36. The fraction of sp³-hybridized carbons (Fsp3) is 0.278.